The Hall–Kier alpha value is -1.59. The average molecular weight is 689 g/mol. The van der Waals surface area contributed by atoms with Gasteiger partial charge in [0.2, 0.25) is 0 Å². The number of alkyl halides is 1. The van der Waals surface area contributed by atoms with E-state index in [4.69, 9.17) is 23.4 Å². The van der Waals surface area contributed by atoms with E-state index in [2.05, 4.69) is 92.9 Å². The van der Waals surface area contributed by atoms with Gasteiger partial charge in [0, 0.05) is 4.43 Å². The predicted molar refractivity (Wildman–Crippen MR) is 176 cm³/mol. The van der Waals surface area contributed by atoms with Gasteiger partial charge in [0.25, 0.3) is 0 Å². The minimum absolute atomic E-state index is 0.0445. The molecule has 5 nitrogen and oxygen atoms in total. The lowest BCUT2D eigenvalue weighted by atomic mass is 9.95. The van der Waals surface area contributed by atoms with E-state index in [0.717, 1.165) is 21.1 Å². The van der Waals surface area contributed by atoms with Gasteiger partial charge >= 0.3 is 0 Å². The second kappa shape index (κ2) is 15.2. The maximum atomic E-state index is 7.12. The van der Waals surface area contributed by atoms with Crippen LogP contribution in [-0.2, 0) is 43.2 Å². The lowest BCUT2D eigenvalue weighted by molar-refractivity contribution is -0.252. The molecule has 7 heteroatoms. The number of hydrogen-bond donors (Lipinski definition) is 0. The summed E-state index contributed by atoms with van der Waals surface area (Å²) in [5, 5.41) is 0.0445. The third-order valence-corrected chi connectivity index (χ3v) is 13.4. The molecular weight excluding hydrogens is 643 g/mol. The third kappa shape index (κ3) is 9.19. The van der Waals surface area contributed by atoms with Gasteiger partial charge in [-0.1, -0.05) is 134 Å². The maximum Gasteiger partial charge on any atom is 0.192 e. The summed E-state index contributed by atoms with van der Waals surface area (Å²) >= 11 is 2.41. The second-order valence-corrected chi connectivity index (χ2v) is 17.9. The van der Waals surface area contributed by atoms with Crippen LogP contribution in [0.5, 0.6) is 0 Å². The number of halogens is 1. The average Bonchev–Trinajstić information content (AvgIpc) is 2.97. The number of ether oxygens (including phenoxy) is 4. The molecule has 0 aromatic heterocycles. The summed E-state index contributed by atoms with van der Waals surface area (Å²) in [4.78, 5) is 0. The van der Waals surface area contributed by atoms with Gasteiger partial charge < -0.3 is 23.4 Å². The van der Waals surface area contributed by atoms with Gasteiger partial charge in [0.05, 0.1) is 32.5 Å². The molecule has 3 aromatic rings. The van der Waals surface area contributed by atoms with Crippen molar-refractivity contribution in [3.8, 4) is 0 Å². The number of rotatable bonds is 13. The van der Waals surface area contributed by atoms with Crippen LogP contribution >= 0.6 is 22.6 Å². The van der Waals surface area contributed by atoms with Crippen molar-refractivity contribution in [1.82, 2.24) is 0 Å². The Labute approximate surface area is 261 Å². The van der Waals surface area contributed by atoms with Gasteiger partial charge in [0.15, 0.2) is 8.32 Å². The monoisotopic (exact) mass is 688 g/mol. The Morgan fingerprint density at radius 2 is 1.12 bits per heavy atom. The first kappa shape index (κ1) is 32.3. The minimum Gasteiger partial charge on any atom is -0.408 e. The van der Waals surface area contributed by atoms with Gasteiger partial charge in [-0.05, 0) is 34.8 Å². The van der Waals surface area contributed by atoms with Crippen LogP contribution in [0.2, 0.25) is 18.1 Å². The van der Waals surface area contributed by atoms with Crippen LogP contribution in [0.4, 0.5) is 0 Å². The molecule has 0 spiro atoms. The zero-order valence-electron chi connectivity index (χ0n) is 25.0. The van der Waals surface area contributed by atoms with E-state index in [1.54, 1.807) is 0 Å². The van der Waals surface area contributed by atoms with Crippen molar-refractivity contribution < 1.29 is 23.4 Å². The van der Waals surface area contributed by atoms with Crippen molar-refractivity contribution in [2.45, 2.75) is 89.2 Å². The highest BCUT2D eigenvalue weighted by Crippen LogP contribution is 2.41. The number of benzene rings is 3. The summed E-state index contributed by atoms with van der Waals surface area (Å²) in [6.45, 7) is 13.2. The third-order valence-electron chi connectivity index (χ3n) is 8.08. The van der Waals surface area contributed by atoms with Crippen molar-refractivity contribution in [2.24, 2.45) is 0 Å². The van der Waals surface area contributed by atoms with Crippen LogP contribution in [0.25, 0.3) is 0 Å². The fraction of sp³-hybridized carbons (Fsp3) is 0.471. The molecular formula is C34H45IO5Si. The first-order valence-electron chi connectivity index (χ1n) is 14.5. The van der Waals surface area contributed by atoms with Crippen molar-refractivity contribution in [3.05, 3.63) is 108 Å². The molecule has 5 atom stereocenters. The van der Waals surface area contributed by atoms with Gasteiger partial charge in [-0.15, -0.1) is 0 Å². The molecule has 41 heavy (non-hydrogen) atoms. The molecule has 2 unspecified atom stereocenters. The highest BCUT2D eigenvalue weighted by Gasteiger charge is 2.51. The number of hydrogen-bond acceptors (Lipinski definition) is 5. The predicted octanol–water partition coefficient (Wildman–Crippen LogP) is 7.97. The van der Waals surface area contributed by atoms with Gasteiger partial charge in [0.1, 0.15) is 24.4 Å². The fourth-order valence-corrected chi connectivity index (χ4v) is 6.73. The lowest BCUT2D eigenvalue weighted by Crippen LogP contribution is -2.64. The molecule has 1 fully saturated rings. The molecule has 1 heterocycles. The highest BCUT2D eigenvalue weighted by atomic mass is 127. The Morgan fingerprint density at radius 1 is 0.659 bits per heavy atom. The standard InChI is InChI=1S/C34H45IO5Si/c1-34(2,3)41(4,5)40-32-29(21-35)39-30(25-36-22-26-15-9-6-10-16-26)31(37-23-27-17-11-7-12-18-27)33(32)38-24-28-19-13-8-14-20-28/h6-20,29-33H,21-25H2,1-5H3/t29?,30-,31-,32?,33+/m1/s1. The second-order valence-electron chi connectivity index (χ2n) is 12.2. The van der Waals surface area contributed by atoms with Crippen molar-refractivity contribution in [1.29, 1.82) is 0 Å². The van der Waals surface area contributed by atoms with Crippen molar-refractivity contribution in [3.63, 3.8) is 0 Å². The Kier molecular flexibility index (Phi) is 12.0. The summed E-state index contributed by atoms with van der Waals surface area (Å²) in [5.41, 5.74) is 3.36. The SMILES string of the molecule is CC(C)(C)[Si](C)(C)OC1C(CI)O[C@H](COCc2ccccc2)[C@@H](OCc2ccccc2)[C@@H]1OCc1ccccc1. The van der Waals surface area contributed by atoms with E-state index in [0.29, 0.717) is 26.4 Å². The molecule has 0 radical (unpaired) electrons. The van der Waals surface area contributed by atoms with Gasteiger partial charge in [-0.3, -0.25) is 0 Å². The van der Waals surface area contributed by atoms with Gasteiger partial charge in [-0.25, -0.2) is 0 Å². The van der Waals surface area contributed by atoms with Gasteiger partial charge in [-0.2, -0.15) is 0 Å². The molecule has 1 aliphatic heterocycles. The van der Waals surface area contributed by atoms with Crippen LogP contribution in [0.3, 0.4) is 0 Å². The molecule has 0 N–H and O–H groups in total. The van der Waals surface area contributed by atoms with E-state index in [-0.39, 0.29) is 35.6 Å². The minimum atomic E-state index is -2.16. The lowest BCUT2D eigenvalue weighted by Gasteiger charge is -2.50. The van der Waals surface area contributed by atoms with E-state index in [1.165, 1.54) is 0 Å². The van der Waals surface area contributed by atoms with E-state index in [9.17, 15) is 0 Å². The summed E-state index contributed by atoms with van der Waals surface area (Å²) in [6.07, 6.45) is -1.41. The zero-order valence-corrected chi connectivity index (χ0v) is 28.2. The van der Waals surface area contributed by atoms with Crippen molar-refractivity contribution in [2.75, 3.05) is 11.0 Å². The molecule has 0 aliphatic carbocycles. The molecule has 0 bridgehead atoms. The molecule has 3 aromatic carbocycles. The highest BCUT2D eigenvalue weighted by molar-refractivity contribution is 14.1. The summed E-state index contributed by atoms with van der Waals surface area (Å²) < 4.78 is 34.4. The molecule has 0 saturated carbocycles. The van der Waals surface area contributed by atoms with Crippen LogP contribution in [0, 0.1) is 0 Å². The molecule has 1 aliphatic rings. The fourth-order valence-electron chi connectivity index (χ4n) is 4.70. The zero-order chi connectivity index (χ0) is 29.3. The summed E-state index contributed by atoms with van der Waals surface area (Å²) in [5.74, 6) is 0. The van der Waals surface area contributed by atoms with Crippen LogP contribution < -0.4 is 0 Å². The van der Waals surface area contributed by atoms with Crippen molar-refractivity contribution >= 4 is 30.9 Å². The van der Waals surface area contributed by atoms with E-state index in [1.807, 2.05) is 54.6 Å². The quantitative estimate of drug-likeness (QED) is 0.104. The molecule has 1 saturated heterocycles. The van der Waals surface area contributed by atoms with Crippen LogP contribution in [0.1, 0.15) is 37.5 Å². The van der Waals surface area contributed by atoms with Crippen LogP contribution in [-0.4, -0.2) is 49.9 Å². The first-order valence-corrected chi connectivity index (χ1v) is 18.9. The van der Waals surface area contributed by atoms with E-state index >= 15 is 0 Å². The molecule has 0 amide bonds. The Balaban J connectivity index is 1.63. The maximum absolute atomic E-state index is 7.12. The normalized spacial score (nSPS) is 23.4. The summed E-state index contributed by atoms with van der Waals surface area (Å²) in [6, 6.07) is 30.8. The first-order chi connectivity index (χ1) is 19.7. The largest absolute Gasteiger partial charge is 0.408 e. The van der Waals surface area contributed by atoms with Crippen LogP contribution in [0.15, 0.2) is 91.0 Å². The smallest absolute Gasteiger partial charge is 0.192 e. The topological polar surface area (TPSA) is 46.2 Å². The van der Waals surface area contributed by atoms with E-state index < -0.39 is 8.32 Å². The summed E-state index contributed by atoms with van der Waals surface area (Å²) in [7, 11) is -2.16. The Bertz CT molecular complexity index is 1160. The Morgan fingerprint density at radius 3 is 1.59 bits per heavy atom. The molecule has 222 valence electrons. The molecule has 4 rings (SSSR count).